The quantitative estimate of drug-likeness (QED) is 0.550. The number of fused-ring (bicyclic) bond motifs is 3. The molecule has 4 rings (SSSR count). The topological polar surface area (TPSA) is 55.2 Å². The minimum atomic E-state index is -0.346. The summed E-state index contributed by atoms with van der Waals surface area (Å²) in [7, 11) is 1.64. The zero-order valence-electron chi connectivity index (χ0n) is 16.1. The van der Waals surface area contributed by atoms with Gasteiger partial charge in [0.15, 0.2) is 0 Å². The summed E-state index contributed by atoms with van der Waals surface area (Å²) in [5.41, 5.74) is 1.53. The van der Waals surface area contributed by atoms with E-state index < -0.39 is 0 Å². The lowest BCUT2D eigenvalue weighted by molar-refractivity contribution is -0.130. The average Bonchev–Trinajstić information content (AvgIpc) is 3.09. The van der Waals surface area contributed by atoms with Crippen LogP contribution in [-0.2, 0) is 30.7 Å². The first-order chi connectivity index (χ1) is 13.9. The fourth-order valence-electron chi connectivity index (χ4n) is 3.76. The standard InChI is InChI=1S/C21H21BrFN3O2S/c1-25(11-13-10-14(22)6-7-16(13)23)18(27)8-9-26-12-24-20-19(21(26)28)15-4-2-3-5-17(15)29-20/h6-7,10,12H,2-5,8-9,11H2,1H3. The van der Waals surface area contributed by atoms with Crippen molar-refractivity contribution in [3.63, 3.8) is 0 Å². The molecule has 1 aromatic carbocycles. The van der Waals surface area contributed by atoms with Crippen molar-refractivity contribution >= 4 is 43.4 Å². The Kier molecular flexibility index (Phi) is 5.83. The third kappa shape index (κ3) is 4.14. The summed E-state index contributed by atoms with van der Waals surface area (Å²) < 4.78 is 16.2. The predicted octanol–water partition coefficient (Wildman–Crippen LogP) is 4.29. The Morgan fingerprint density at radius 3 is 2.97 bits per heavy atom. The van der Waals surface area contributed by atoms with Crippen molar-refractivity contribution in [2.24, 2.45) is 0 Å². The van der Waals surface area contributed by atoms with Gasteiger partial charge < -0.3 is 4.90 Å². The minimum absolute atomic E-state index is 0.0668. The second-order valence-electron chi connectivity index (χ2n) is 7.37. The number of aromatic nitrogens is 2. The Morgan fingerprint density at radius 2 is 2.14 bits per heavy atom. The summed E-state index contributed by atoms with van der Waals surface area (Å²) in [4.78, 5) is 33.5. The van der Waals surface area contributed by atoms with Crippen molar-refractivity contribution in [1.29, 1.82) is 0 Å². The van der Waals surface area contributed by atoms with Gasteiger partial charge in [-0.3, -0.25) is 14.2 Å². The number of aryl methyl sites for hydroxylation is 3. The van der Waals surface area contributed by atoms with Crippen LogP contribution in [-0.4, -0.2) is 27.4 Å². The predicted molar refractivity (Wildman–Crippen MR) is 116 cm³/mol. The molecule has 0 unspecified atom stereocenters. The Balaban J connectivity index is 1.47. The molecule has 2 aromatic heterocycles. The molecule has 152 valence electrons. The lowest BCUT2D eigenvalue weighted by atomic mass is 9.97. The smallest absolute Gasteiger partial charge is 0.262 e. The summed E-state index contributed by atoms with van der Waals surface area (Å²) in [6.45, 7) is 0.435. The fourth-order valence-corrected chi connectivity index (χ4v) is 5.38. The van der Waals surface area contributed by atoms with Gasteiger partial charge in [0.1, 0.15) is 10.6 Å². The maximum absolute atomic E-state index is 13.9. The number of hydrogen-bond donors (Lipinski definition) is 0. The third-order valence-corrected chi connectivity index (χ3v) is 7.04. The van der Waals surface area contributed by atoms with Crippen molar-refractivity contribution in [1.82, 2.24) is 14.5 Å². The van der Waals surface area contributed by atoms with E-state index in [0.29, 0.717) is 5.56 Å². The molecule has 0 spiro atoms. The highest BCUT2D eigenvalue weighted by atomic mass is 79.9. The van der Waals surface area contributed by atoms with E-state index in [1.807, 2.05) is 0 Å². The van der Waals surface area contributed by atoms with Crippen LogP contribution in [0.2, 0.25) is 0 Å². The molecule has 0 fully saturated rings. The van der Waals surface area contributed by atoms with E-state index in [2.05, 4.69) is 20.9 Å². The van der Waals surface area contributed by atoms with E-state index in [4.69, 9.17) is 0 Å². The maximum atomic E-state index is 13.9. The summed E-state index contributed by atoms with van der Waals surface area (Å²) in [5, 5.41) is 0.726. The molecule has 1 amide bonds. The summed E-state index contributed by atoms with van der Waals surface area (Å²) >= 11 is 4.94. The van der Waals surface area contributed by atoms with E-state index in [-0.39, 0.29) is 36.8 Å². The van der Waals surface area contributed by atoms with Crippen LogP contribution in [0.25, 0.3) is 10.2 Å². The van der Waals surface area contributed by atoms with Gasteiger partial charge in [-0.25, -0.2) is 9.37 Å². The van der Waals surface area contributed by atoms with E-state index in [9.17, 15) is 14.0 Å². The molecule has 2 heterocycles. The molecule has 8 heteroatoms. The number of benzene rings is 1. The molecule has 1 aliphatic carbocycles. The Morgan fingerprint density at radius 1 is 1.34 bits per heavy atom. The number of rotatable bonds is 5. The van der Waals surface area contributed by atoms with Crippen molar-refractivity contribution in [3.8, 4) is 0 Å². The molecule has 1 aliphatic rings. The van der Waals surface area contributed by atoms with Gasteiger partial charge in [0.2, 0.25) is 5.91 Å². The number of hydrogen-bond acceptors (Lipinski definition) is 4. The molecule has 0 saturated carbocycles. The third-order valence-electron chi connectivity index (χ3n) is 5.35. The number of halogens is 2. The van der Waals surface area contributed by atoms with Gasteiger partial charge in [0, 0.05) is 41.5 Å². The normalized spacial score (nSPS) is 13.5. The Bertz CT molecular complexity index is 1140. The highest BCUT2D eigenvalue weighted by molar-refractivity contribution is 9.10. The van der Waals surface area contributed by atoms with Crippen molar-refractivity contribution in [2.75, 3.05) is 7.05 Å². The second-order valence-corrected chi connectivity index (χ2v) is 9.37. The molecule has 0 radical (unpaired) electrons. The van der Waals surface area contributed by atoms with Crippen molar-refractivity contribution < 1.29 is 9.18 Å². The minimum Gasteiger partial charge on any atom is -0.341 e. The Labute approximate surface area is 180 Å². The van der Waals surface area contributed by atoms with Crippen LogP contribution < -0.4 is 5.56 Å². The maximum Gasteiger partial charge on any atom is 0.262 e. The van der Waals surface area contributed by atoms with Crippen LogP contribution in [0.4, 0.5) is 4.39 Å². The number of carbonyl (C=O) groups is 1. The number of nitrogens with zero attached hydrogens (tertiary/aromatic N) is 3. The van der Waals surface area contributed by atoms with Gasteiger partial charge in [0.05, 0.1) is 11.7 Å². The highest BCUT2D eigenvalue weighted by Crippen LogP contribution is 2.33. The van der Waals surface area contributed by atoms with Gasteiger partial charge in [-0.2, -0.15) is 0 Å². The van der Waals surface area contributed by atoms with E-state index in [1.54, 1.807) is 30.5 Å². The average molecular weight is 478 g/mol. The second kappa shape index (κ2) is 8.36. The van der Waals surface area contributed by atoms with Gasteiger partial charge in [0.25, 0.3) is 5.56 Å². The molecule has 0 N–H and O–H groups in total. The lowest BCUT2D eigenvalue weighted by Gasteiger charge is -2.18. The van der Waals surface area contributed by atoms with Crippen LogP contribution in [0.15, 0.2) is 33.8 Å². The van der Waals surface area contributed by atoms with Gasteiger partial charge in [-0.05, 0) is 49.4 Å². The molecule has 5 nitrogen and oxygen atoms in total. The molecule has 0 atom stereocenters. The summed E-state index contributed by atoms with van der Waals surface area (Å²) in [6, 6.07) is 4.67. The van der Waals surface area contributed by atoms with Crippen LogP contribution >= 0.6 is 27.3 Å². The number of carbonyl (C=O) groups excluding carboxylic acids is 1. The first-order valence-electron chi connectivity index (χ1n) is 9.61. The lowest BCUT2D eigenvalue weighted by Crippen LogP contribution is -2.29. The monoisotopic (exact) mass is 477 g/mol. The molecule has 0 saturated heterocycles. The van der Waals surface area contributed by atoms with Crippen molar-refractivity contribution in [2.45, 2.75) is 45.2 Å². The van der Waals surface area contributed by atoms with Gasteiger partial charge in [-0.15, -0.1) is 11.3 Å². The SMILES string of the molecule is CN(Cc1cc(Br)ccc1F)C(=O)CCn1cnc2sc3c(c2c1=O)CCCC3. The van der Waals surface area contributed by atoms with Crippen LogP contribution in [0.3, 0.4) is 0 Å². The van der Waals surface area contributed by atoms with Gasteiger partial charge in [-0.1, -0.05) is 15.9 Å². The zero-order valence-corrected chi connectivity index (χ0v) is 18.5. The van der Waals surface area contributed by atoms with Crippen molar-refractivity contribution in [3.05, 3.63) is 61.2 Å². The molecule has 29 heavy (non-hydrogen) atoms. The number of thiophene rings is 1. The number of amides is 1. The van der Waals surface area contributed by atoms with E-state index in [1.165, 1.54) is 26.7 Å². The van der Waals surface area contributed by atoms with E-state index >= 15 is 0 Å². The fraction of sp³-hybridized carbons (Fsp3) is 0.381. The van der Waals surface area contributed by atoms with E-state index in [0.717, 1.165) is 45.9 Å². The zero-order chi connectivity index (χ0) is 20.5. The Hall–Kier alpha value is -2.06. The molecule has 0 aliphatic heterocycles. The van der Waals surface area contributed by atoms with Gasteiger partial charge >= 0.3 is 0 Å². The van der Waals surface area contributed by atoms with Crippen LogP contribution in [0.5, 0.6) is 0 Å². The highest BCUT2D eigenvalue weighted by Gasteiger charge is 2.20. The molecule has 0 bridgehead atoms. The summed E-state index contributed by atoms with van der Waals surface area (Å²) in [5.74, 6) is -0.496. The largest absolute Gasteiger partial charge is 0.341 e. The van der Waals surface area contributed by atoms with Crippen LogP contribution in [0, 0.1) is 5.82 Å². The first-order valence-corrected chi connectivity index (χ1v) is 11.2. The first kappa shape index (κ1) is 20.2. The molecular formula is C21H21BrFN3O2S. The summed E-state index contributed by atoms with van der Waals surface area (Å²) in [6.07, 6.45) is 5.90. The molecule has 3 aromatic rings. The van der Waals surface area contributed by atoms with Crippen LogP contribution in [0.1, 0.15) is 35.3 Å². The molecular weight excluding hydrogens is 457 g/mol.